The summed E-state index contributed by atoms with van der Waals surface area (Å²) in [6.07, 6.45) is 0. The van der Waals surface area contributed by atoms with Crippen LogP contribution in [-0.2, 0) is 21.4 Å². The molecule has 2 aromatic rings. The Morgan fingerprint density at radius 3 is 2.57 bits per heavy atom. The first kappa shape index (κ1) is 22.0. The Bertz CT molecular complexity index is 956. The molecule has 7 nitrogen and oxygen atoms in total. The van der Waals surface area contributed by atoms with Gasteiger partial charge in [0, 0.05) is 24.7 Å². The van der Waals surface area contributed by atoms with Crippen molar-refractivity contribution in [1.82, 2.24) is 9.79 Å². The first-order chi connectivity index (χ1) is 13.2. The number of nitrogens with zero attached hydrogens (tertiary/aromatic N) is 1. The number of carbonyl (C=O) groups excluding carboxylic acids is 1. The van der Waals surface area contributed by atoms with Crippen LogP contribution in [0.15, 0.2) is 47.4 Å². The minimum Gasteiger partial charge on any atom is -0.434 e. The van der Waals surface area contributed by atoms with Gasteiger partial charge in [0.25, 0.3) is 15.9 Å². The number of nitrogens with one attached hydrogen (secondary N) is 1. The van der Waals surface area contributed by atoms with Crippen molar-refractivity contribution >= 4 is 27.5 Å². The minimum absolute atomic E-state index is 0.0136. The van der Waals surface area contributed by atoms with Gasteiger partial charge in [0.15, 0.2) is 0 Å². The molecule has 0 aromatic heterocycles. The zero-order valence-corrected chi connectivity index (χ0v) is 16.4. The quantitative estimate of drug-likeness (QED) is 0.645. The lowest BCUT2D eigenvalue weighted by Gasteiger charge is -2.16. The van der Waals surface area contributed by atoms with Gasteiger partial charge in [-0.3, -0.25) is 9.63 Å². The molecule has 0 aliphatic carbocycles. The van der Waals surface area contributed by atoms with E-state index < -0.39 is 22.5 Å². The normalized spacial score (nSPS) is 11.7. The summed E-state index contributed by atoms with van der Waals surface area (Å²) in [4.78, 5) is 16.8. The van der Waals surface area contributed by atoms with Gasteiger partial charge in [-0.2, -0.15) is 8.78 Å². The summed E-state index contributed by atoms with van der Waals surface area (Å²) in [6, 6.07) is 9.69. The van der Waals surface area contributed by atoms with Crippen LogP contribution in [-0.4, -0.2) is 39.6 Å². The maximum atomic E-state index is 12.5. The zero-order valence-electron chi connectivity index (χ0n) is 14.9. The highest BCUT2D eigenvalue weighted by molar-refractivity contribution is 7.89. The summed E-state index contributed by atoms with van der Waals surface area (Å²) in [6.45, 7) is -3.11. The van der Waals surface area contributed by atoms with Gasteiger partial charge >= 0.3 is 6.61 Å². The number of hydrogen-bond acceptors (Lipinski definition) is 5. The third kappa shape index (κ3) is 5.16. The van der Waals surface area contributed by atoms with E-state index in [2.05, 4.69) is 14.9 Å². The van der Waals surface area contributed by atoms with Crippen molar-refractivity contribution in [3.05, 3.63) is 58.6 Å². The number of ether oxygens (including phenoxy) is 1. The van der Waals surface area contributed by atoms with Crippen molar-refractivity contribution < 1.29 is 31.6 Å². The molecule has 0 heterocycles. The summed E-state index contributed by atoms with van der Waals surface area (Å²) in [5.41, 5.74) is 0.344. The second-order valence-corrected chi connectivity index (χ2v) is 7.72. The van der Waals surface area contributed by atoms with E-state index in [9.17, 15) is 22.0 Å². The van der Waals surface area contributed by atoms with Gasteiger partial charge in [-0.1, -0.05) is 34.3 Å². The zero-order chi connectivity index (χ0) is 20.9. The molecule has 11 heteroatoms. The average Bonchev–Trinajstić information content (AvgIpc) is 2.66. The van der Waals surface area contributed by atoms with Crippen LogP contribution in [0, 0.1) is 0 Å². The van der Waals surface area contributed by atoms with E-state index in [1.807, 2.05) is 0 Å². The second kappa shape index (κ2) is 9.28. The van der Waals surface area contributed by atoms with Crippen molar-refractivity contribution in [3.63, 3.8) is 0 Å². The molecule has 0 aliphatic rings. The van der Waals surface area contributed by atoms with Gasteiger partial charge in [0.05, 0.1) is 12.1 Å². The van der Waals surface area contributed by atoms with Gasteiger partial charge in [-0.05, 0) is 24.3 Å². The van der Waals surface area contributed by atoms with Crippen LogP contribution in [0.5, 0.6) is 5.75 Å². The molecular weight excluding hydrogens is 418 g/mol. The predicted molar refractivity (Wildman–Crippen MR) is 97.7 cm³/mol. The predicted octanol–water partition coefficient (Wildman–Crippen LogP) is 3.05. The average molecular weight is 435 g/mol. The summed E-state index contributed by atoms with van der Waals surface area (Å²) in [7, 11) is -1.72. The van der Waals surface area contributed by atoms with E-state index in [1.165, 1.54) is 44.5 Å². The first-order valence-electron chi connectivity index (χ1n) is 7.80. The Kier molecular flexibility index (Phi) is 7.30. The van der Waals surface area contributed by atoms with Crippen LogP contribution in [0.25, 0.3) is 0 Å². The summed E-state index contributed by atoms with van der Waals surface area (Å²) >= 11 is 5.95. The van der Waals surface area contributed by atoms with Crippen molar-refractivity contribution in [1.29, 1.82) is 0 Å². The van der Waals surface area contributed by atoms with Gasteiger partial charge < -0.3 is 10.1 Å². The van der Waals surface area contributed by atoms with Crippen molar-refractivity contribution in [2.24, 2.45) is 0 Å². The Morgan fingerprint density at radius 1 is 1.25 bits per heavy atom. The fourth-order valence-electron chi connectivity index (χ4n) is 2.22. The Hall–Kier alpha value is -2.27. The number of benzene rings is 2. The van der Waals surface area contributed by atoms with Crippen molar-refractivity contribution in [2.75, 3.05) is 14.2 Å². The Labute approximate surface area is 165 Å². The third-order valence-corrected chi connectivity index (χ3v) is 5.86. The molecule has 0 atom stereocenters. The molecule has 0 saturated heterocycles. The molecule has 0 spiro atoms. The standard InChI is InChI=1S/C17H17ClF2N2O5S/c1-22(26-2)28(24,25)15-9-11(7-8-13(15)18)16(23)21-10-12-5-3-4-6-14(12)27-17(19)20/h3-9,17H,10H2,1-2H3,(H,21,23). The van der Waals surface area contributed by atoms with Crippen molar-refractivity contribution in [3.8, 4) is 5.75 Å². The number of alkyl halides is 2. The SMILES string of the molecule is CON(C)S(=O)(=O)c1cc(C(=O)NCc2ccccc2OC(F)F)ccc1Cl. The van der Waals surface area contributed by atoms with Gasteiger partial charge in [0.1, 0.15) is 10.6 Å². The maximum absolute atomic E-state index is 12.5. The number of carbonyl (C=O) groups is 1. The molecule has 0 aliphatic heterocycles. The first-order valence-corrected chi connectivity index (χ1v) is 9.62. The molecule has 2 aromatic carbocycles. The number of para-hydroxylation sites is 1. The molecular formula is C17H17ClF2N2O5S. The van der Waals surface area contributed by atoms with E-state index in [0.29, 0.717) is 10.0 Å². The van der Waals surface area contributed by atoms with Gasteiger partial charge in [-0.15, -0.1) is 0 Å². The van der Waals surface area contributed by atoms with E-state index in [0.717, 1.165) is 6.07 Å². The molecule has 28 heavy (non-hydrogen) atoms. The van der Waals surface area contributed by atoms with Crippen LogP contribution < -0.4 is 10.1 Å². The molecule has 0 radical (unpaired) electrons. The lowest BCUT2D eigenvalue weighted by atomic mass is 10.1. The molecule has 0 saturated carbocycles. The smallest absolute Gasteiger partial charge is 0.387 e. The molecule has 1 amide bonds. The third-order valence-electron chi connectivity index (χ3n) is 3.69. The summed E-state index contributed by atoms with van der Waals surface area (Å²) < 4.78 is 54.7. The topological polar surface area (TPSA) is 84.9 Å². The van der Waals surface area contributed by atoms with E-state index in [4.69, 9.17) is 11.6 Å². The van der Waals surface area contributed by atoms with E-state index >= 15 is 0 Å². The van der Waals surface area contributed by atoms with Crippen molar-refractivity contribution in [2.45, 2.75) is 18.1 Å². The molecule has 0 bridgehead atoms. The van der Waals surface area contributed by atoms with E-state index in [1.54, 1.807) is 6.07 Å². The number of hydrogen-bond donors (Lipinski definition) is 1. The van der Waals surface area contributed by atoms with Gasteiger partial charge in [-0.25, -0.2) is 8.42 Å². The molecule has 0 fully saturated rings. The lowest BCUT2D eigenvalue weighted by molar-refractivity contribution is -0.0504. The lowest BCUT2D eigenvalue weighted by Crippen LogP contribution is -2.27. The van der Waals surface area contributed by atoms with Gasteiger partial charge in [0.2, 0.25) is 0 Å². The van der Waals surface area contributed by atoms with Crippen LogP contribution in [0.4, 0.5) is 8.78 Å². The fourth-order valence-corrected chi connectivity index (χ4v) is 3.69. The Morgan fingerprint density at radius 2 is 1.93 bits per heavy atom. The molecule has 2 rings (SSSR count). The number of hydroxylamine groups is 1. The van der Waals surface area contributed by atoms with E-state index in [-0.39, 0.29) is 27.8 Å². The summed E-state index contributed by atoms with van der Waals surface area (Å²) in [5.74, 6) is -0.695. The molecule has 152 valence electrons. The number of sulfonamides is 1. The minimum atomic E-state index is -4.07. The number of rotatable bonds is 8. The fraction of sp³-hybridized carbons (Fsp3) is 0.235. The highest BCUT2D eigenvalue weighted by Gasteiger charge is 2.25. The maximum Gasteiger partial charge on any atom is 0.387 e. The van der Waals surface area contributed by atoms with Crippen LogP contribution in [0.2, 0.25) is 5.02 Å². The number of halogens is 3. The monoisotopic (exact) mass is 434 g/mol. The summed E-state index contributed by atoms with van der Waals surface area (Å²) in [5, 5.41) is 2.44. The van der Waals surface area contributed by atoms with Crippen LogP contribution in [0.3, 0.4) is 0 Å². The number of amides is 1. The largest absolute Gasteiger partial charge is 0.434 e. The second-order valence-electron chi connectivity index (χ2n) is 5.41. The highest BCUT2D eigenvalue weighted by atomic mass is 35.5. The molecule has 0 unspecified atom stereocenters. The van der Waals surface area contributed by atoms with Crippen LogP contribution in [0.1, 0.15) is 15.9 Å². The van der Waals surface area contributed by atoms with Crippen LogP contribution >= 0.6 is 11.6 Å². The highest BCUT2D eigenvalue weighted by Crippen LogP contribution is 2.26. The molecule has 1 N–H and O–H groups in total. The Balaban J connectivity index is 2.22.